The molecule has 0 spiro atoms. The Hall–Kier alpha value is -4.05. The van der Waals surface area contributed by atoms with E-state index in [1.54, 1.807) is 5.57 Å². The van der Waals surface area contributed by atoms with Crippen LogP contribution in [0.4, 0.5) is 0 Å². The van der Waals surface area contributed by atoms with Crippen LogP contribution < -0.4 is 5.32 Å². The monoisotopic (exact) mass is 552 g/mol. The Morgan fingerprint density at radius 2 is 1.52 bits per heavy atom. The lowest BCUT2D eigenvalue weighted by Gasteiger charge is -2.38. The van der Waals surface area contributed by atoms with Gasteiger partial charge in [-0.15, -0.1) is 0 Å². The smallest absolute Gasteiger partial charge is 0.154 e. The summed E-state index contributed by atoms with van der Waals surface area (Å²) in [5.41, 5.74) is 6.69. The number of benzene rings is 2. The first kappa shape index (κ1) is 26.8. The third kappa shape index (κ3) is 5.81. The van der Waals surface area contributed by atoms with Gasteiger partial charge in [-0.3, -0.25) is 4.99 Å². The van der Waals surface area contributed by atoms with Crippen LogP contribution in [0.2, 0.25) is 0 Å². The van der Waals surface area contributed by atoms with Crippen LogP contribution >= 0.6 is 0 Å². The van der Waals surface area contributed by atoms with E-state index in [-0.39, 0.29) is 6.17 Å². The van der Waals surface area contributed by atoms with Crippen LogP contribution in [0.3, 0.4) is 0 Å². The Bertz CT molecular complexity index is 1520. The minimum atomic E-state index is -0.128. The molecule has 2 aromatic rings. The highest BCUT2D eigenvalue weighted by Gasteiger charge is 2.36. The van der Waals surface area contributed by atoms with Crippen LogP contribution in [-0.2, 0) is 0 Å². The summed E-state index contributed by atoms with van der Waals surface area (Å²) >= 11 is 0. The van der Waals surface area contributed by atoms with Crippen LogP contribution in [0, 0.1) is 11.8 Å². The van der Waals surface area contributed by atoms with E-state index in [1.807, 2.05) is 0 Å². The van der Waals surface area contributed by atoms with E-state index >= 15 is 0 Å². The molecule has 4 heteroatoms. The van der Waals surface area contributed by atoms with E-state index in [9.17, 15) is 0 Å². The molecule has 3 aliphatic carbocycles. The van der Waals surface area contributed by atoms with Crippen molar-refractivity contribution in [2.24, 2.45) is 26.8 Å². The summed E-state index contributed by atoms with van der Waals surface area (Å²) < 4.78 is 0. The third-order valence-electron chi connectivity index (χ3n) is 9.49. The summed E-state index contributed by atoms with van der Waals surface area (Å²) in [5.74, 6) is 3.23. The summed E-state index contributed by atoms with van der Waals surface area (Å²) in [6.07, 6.45) is 26.8. The van der Waals surface area contributed by atoms with Crippen molar-refractivity contribution >= 4 is 17.9 Å². The highest BCUT2D eigenvalue weighted by atomic mass is 15.2. The summed E-state index contributed by atoms with van der Waals surface area (Å²) in [5, 5.41) is 3.64. The van der Waals surface area contributed by atoms with Crippen LogP contribution in [0.15, 0.2) is 135 Å². The Morgan fingerprint density at radius 1 is 0.762 bits per heavy atom. The summed E-state index contributed by atoms with van der Waals surface area (Å²) in [4.78, 5) is 15.6. The van der Waals surface area contributed by atoms with Gasteiger partial charge in [-0.2, -0.15) is 0 Å². The first-order valence-corrected chi connectivity index (χ1v) is 15.8. The van der Waals surface area contributed by atoms with E-state index in [4.69, 9.17) is 15.0 Å². The highest BCUT2D eigenvalue weighted by molar-refractivity contribution is 6.12. The maximum Gasteiger partial charge on any atom is 0.154 e. The van der Waals surface area contributed by atoms with Gasteiger partial charge in [0.1, 0.15) is 12.0 Å². The summed E-state index contributed by atoms with van der Waals surface area (Å²) in [6.45, 7) is 0. The zero-order valence-electron chi connectivity index (χ0n) is 24.3. The second-order valence-corrected chi connectivity index (χ2v) is 12.2. The molecule has 0 aromatic heterocycles. The number of amidine groups is 2. The largest absolute Gasteiger partial charge is 0.344 e. The van der Waals surface area contributed by atoms with Gasteiger partial charge in [0.15, 0.2) is 5.84 Å². The second kappa shape index (κ2) is 12.4. The molecule has 2 aliphatic heterocycles. The number of hydrogen-bond acceptors (Lipinski definition) is 4. The summed E-state index contributed by atoms with van der Waals surface area (Å²) in [6, 6.07) is 21.9. The molecule has 0 bridgehead atoms. The molecule has 0 amide bonds. The SMILES string of the molecule is C1=CCCC(C2=NC(C3=CCCC(C4CC(C5=CC=CCC5)C(c5ccccc5)C=N4)C3)=NC(c3ccccc3)N2)=C1. The molecule has 0 radical (unpaired) electrons. The molecule has 2 heterocycles. The Morgan fingerprint density at radius 3 is 2.26 bits per heavy atom. The number of nitrogens with zero attached hydrogens (tertiary/aromatic N) is 3. The number of hydrogen-bond donors (Lipinski definition) is 1. The van der Waals surface area contributed by atoms with Gasteiger partial charge in [-0.1, -0.05) is 109 Å². The molecule has 5 aliphatic rings. The molecule has 0 fully saturated rings. The van der Waals surface area contributed by atoms with Gasteiger partial charge in [-0.25, -0.2) is 9.98 Å². The number of nitrogens with one attached hydrogen (secondary N) is 1. The van der Waals surface area contributed by atoms with Gasteiger partial charge in [0.05, 0.1) is 6.04 Å². The number of aliphatic imine (C=N–C) groups is 3. The zero-order valence-corrected chi connectivity index (χ0v) is 24.3. The summed E-state index contributed by atoms with van der Waals surface area (Å²) in [7, 11) is 0. The fourth-order valence-corrected chi connectivity index (χ4v) is 7.21. The Labute approximate surface area is 250 Å². The first-order valence-electron chi connectivity index (χ1n) is 15.8. The van der Waals surface area contributed by atoms with Crippen LogP contribution in [0.1, 0.15) is 74.6 Å². The van der Waals surface area contributed by atoms with Crippen molar-refractivity contribution in [1.29, 1.82) is 0 Å². The van der Waals surface area contributed by atoms with Gasteiger partial charge in [0.2, 0.25) is 0 Å². The average molecular weight is 553 g/mol. The molecule has 4 nitrogen and oxygen atoms in total. The van der Waals surface area contributed by atoms with Crippen molar-refractivity contribution in [1.82, 2.24) is 5.32 Å². The molecular formula is C38H40N4. The molecule has 0 saturated heterocycles. The molecule has 5 atom stereocenters. The quantitative estimate of drug-likeness (QED) is 0.383. The molecule has 1 N–H and O–H groups in total. The first-order chi connectivity index (χ1) is 20.8. The van der Waals surface area contributed by atoms with Gasteiger partial charge < -0.3 is 5.32 Å². The predicted molar refractivity (Wildman–Crippen MR) is 175 cm³/mol. The Kier molecular flexibility index (Phi) is 7.95. The molecule has 0 saturated carbocycles. The van der Waals surface area contributed by atoms with Crippen molar-refractivity contribution < 1.29 is 0 Å². The zero-order chi connectivity index (χ0) is 28.1. The van der Waals surface area contributed by atoms with E-state index < -0.39 is 0 Å². The fourth-order valence-electron chi connectivity index (χ4n) is 7.21. The predicted octanol–water partition coefficient (Wildman–Crippen LogP) is 8.61. The van der Waals surface area contributed by atoms with Crippen molar-refractivity contribution in [2.75, 3.05) is 0 Å². The molecule has 7 rings (SSSR count). The number of rotatable bonds is 6. The standard InChI is InChI=1S/C38H40N4/c1-5-14-27(15-6-1)33-25-35(39-26-34(33)28-16-7-2-8-17-28)31-22-13-23-32(24-31)38-41-36(29-18-9-3-10-19-29)40-37(42-38)30-20-11-4-12-21-30/h1-5,7-11,14,16-20,23,26,31,33-36H,6,12-13,15,21-22,24-25H2,(H,40,41,42). The van der Waals surface area contributed by atoms with Gasteiger partial charge >= 0.3 is 0 Å². The maximum atomic E-state index is 5.28. The molecule has 5 unspecified atom stereocenters. The highest BCUT2D eigenvalue weighted by Crippen LogP contribution is 2.43. The maximum absolute atomic E-state index is 5.28. The van der Waals surface area contributed by atoms with E-state index in [0.29, 0.717) is 23.8 Å². The lowest BCUT2D eigenvalue weighted by atomic mass is 9.70. The van der Waals surface area contributed by atoms with Crippen molar-refractivity contribution in [3.05, 3.63) is 131 Å². The normalized spacial score (nSPS) is 29.0. The fraction of sp³-hybridized carbons (Fsp3) is 0.342. The van der Waals surface area contributed by atoms with E-state index in [1.165, 1.54) is 28.7 Å². The van der Waals surface area contributed by atoms with E-state index in [0.717, 1.165) is 56.6 Å². The van der Waals surface area contributed by atoms with Gasteiger partial charge in [-0.05, 0) is 85.5 Å². The topological polar surface area (TPSA) is 49.1 Å². The molecule has 212 valence electrons. The van der Waals surface area contributed by atoms with E-state index in [2.05, 4.69) is 115 Å². The van der Waals surface area contributed by atoms with Gasteiger partial charge in [0.25, 0.3) is 0 Å². The Balaban J connectivity index is 1.16. The lowest BCUT2D eigenvalue weighted by molar-refractivity contribution is 0.316. The van der Waals surface area contributed by atoms with Gasteiger partial charge in [0, 0.05) is 12.1 Å². The third-order valence-corrected chi connectivity index (χ3v) is 9.49. The van der Waals surface area contributed by atoms with Crippen molar-refractivity contribution in [3.8, 4) is 0 Å². The van der Waals surface area contributed by atoms with Crippen LogP contribution in [0.5, 0.6) is 0 Å². The molecule has 42 heavy (non-hydrogen) atoms. The minimum absolute atomic E-state index is 0.128. The average Bonchev–Trinajstić information content (AvgIpc) is 3.09. The molecule has 2 aromatic carbocycles. The van der Waals surface area contributed by atoms with Crippen molar-refractivity contribution in [3.63, 3.8) is 0 Å². The van der Waals surface area contributed by atoms with Crippen LogP contribution in [0.25, 0.3) is 0 Å². The lowest BCUT2D eigenvalue weighted by Crippen LogP contribution is -2.36. The van der Waals surface area contributed by atoms with Crippen LogP contribution in [-0.4, -0.2) is 23.9 Å². The number of allylic oxidation sites excluding steroid dienone is 8. The van der Waals surface area contributed by atoms with Crippen molar-refractivity contribution in [2.45, 2.75) is 69.5 Å². The molecular weight excluding hydrogens is 512 g/mol. The second-order valence-electron chi connectivity index (χ2n) is 12.2. The minimum Gasteiger partial charge on any atom is -0.344 e.